The molecule has 3 nitrogen and oxygen atoms in total. The molecule has 20 heavy (non-hydrogen) atoms. The molecule has 0 bridgehead atoms. The van der Waals surface area contributed by atoms with Crippen molar-refractivity contribution in [1.82, 2.24) is 9.55 Å². The molecule has 0 spiro atoms. The fourth-order valence-corrected chi connectivity index (χ4v) is 2.50. The summed E-state index contributed by atoms with van der Waals surface area (Å²) >= 11 is 6.02. The van der Waals surface area contributed by atoms with Crippen molar-refractivity contribution in [3.8, 4) is 0 Å². The smallest absolute Gasteiger partial charge is 0.124 e. The summed E-state index contributed by atoms with van der Waals surface area (Å²) in [5.74, 6) is 0.656. The number of imidazole rings is 1. The first-order valence-corrected chi connectivity index (χ1v) is 7.17. The molecule has 108 valence electrons. The molecular formula is C15H19ClFN3. The topological polar surface area (TPSA) is 43.8 Å². The largest absolute Gasteiger partial charge is 0.335 e. The number of nitrogens with two attached hydrogens (primary N) is 1. The maximum atomic E-state index is 13.0. The Hall–Kier alpha value is -1.39. The van der Waals surface area contributed by atoms with Gasteiger partial charge in [-0.1, -0.05) is 24.6 Å². The van der Waals surface area contributed by atoms with Gasteiger partial charge in [-0.05, 0) is 30.5 Å². The third-order valence-electron chi connectivity index (χ3n) is 3.21. The van der Waals surface area contributed by atoms with Crippen LogP contribution < -0.4 is 5.73 Å². The predicted molar refractivity (Wildman–Crippen MR) is 79.3 cm³/mol. The molecule has 0 amide bonds. The first-order chi connectivity index (χ1) is 9.60. The summed E-state index contributed by atoms with van der Waals surface area (Å²) in [6.07, 6.45) is 6.11. The van der Waals surface area contributed by atoms with E-state index in [2.05, 4.69) is 16.5 Å². The lowest BCUT2D eigenvalue weighted by atomic mass is 10.0. The first-order valence-electron chi connectivity index (χ1n) is 6.79. The second-order valence-electron chi connectivity index (χ2n) is 4.94. The average molecular weight is 296 g/mol. The Labute approximate surface area is 123 Å². The minimum Gasteiger partial charge on any atom is -0.335 e. The lowest BCUT2D eigenvalue weighted by Crippen LogP contribution is -2.27. The molecule has 0 fully saturated rings. The van der Waals surface area contributed by atoms with Crippen molar-refractivity contribution < 1.29 is 4.39 Å². The maximum absolute atomic E-state index is 13.0. The van der Waals surface area contributed by atoms with Crippen LogP contribution in [0.4, 0.5) is 4.39 Å². The highest BCUT2D eigenvalue weighted by atomic mass is 35.5. The third kappa shape index (κ3) is 3.81. The Morgan fingerprint density at radius 1 is 1.40 bits per heavy atom. The normalized spacial score (nSPS) is 12.6. The van der Waals surface area contributed by atoms with E-state index in [1.807, 2.05) is 6.20 Å². The lowest BCUT2D eigenvalue weighted by molar-refractivity contribution is 0.581. The highest BCUT2D eigenvalue weighted by Crippen LogP contribution is 2.19. The zero-order valence-electron chi connectivity index (χ0n) is 11.5. The Morgan fingerprint density at radius 3 is 2.90 bits per heavy atom. The van der Waals surface area contributed by atoms with Gasteiger partial charge in [-0.25, -0.2) is 9.37 Å². The van der Waals surface area contributed by atoms with Gasteiger partial charge < -0.3 is 10.3 Å². The Balaban J connectivity index is 2.01. The van der Waals surface area contributed by atoms with Crippen molar-refractivity contribution in [3.63, 3.8) is 0 Å². The van der Waals surface area contributed by atoms with Crippen molar-refractivity contribution in [3.05, 3.63) is 52.8 Å². The van der Waals surface area contributed by atoms with Gasteiger partial charge >= 0.3 is 0 Å². The summed E-state index contributed by atoms with van der Waals surface area (Å²) in [7, 11) is 0. The fraction of sp³-hybridized carbons (Fsp3) is 0.400. The van der Waals surface area contributed by atoms with E-state index >= 15 is 0 Å². The molecule has 5 heteroatoms. The number of aryl methyl sites for hydroxylation is 1. The van der Waals surface area contributed by atoms with E-state index < -0.39 is 0 Å². The Morgan fingerprint density at radius 2 is 2.20 bits per heavy atom. The van der Waals surface area contributed by atoms with Crippen molar-refractivity contribution in [2.75, 3.05) is 0 Å². The monoisotopic (exact) mass is 295 g/mol. The zero-order chi connectivity index (χ0) is 14.5. The van der Waals surface area contributed by atoms with Crippen LogP contribution in [0.5, 0.6) is 0 Å². The number of halogens is 2. The van der Waals surface area contributed by atoms with Gasteiger partial charge in [0.1, 0.15) is 11.6 Å². The van der Waals surface area contributed by atoms with Crippen LogP contribution in [0.1, 0.15) is 24.7 Å². The standard InChI is InChI=1S/C15H19ClFN3/c1-2-6-20-7-5-19-15(20)10-13(18)8-11-3-4-12(17)9-14(11)16/h3-5,7,9,13H,2,6,8,10,18H2,1H3. The van der Waals surface area contributed by atoms with E-state index in [9.17, 15) is 4.39 Å². The molecule has 0 radical (unpaired) electrons. The summed E-state index contributed by atoms with van der Waals surface area (Å²) in [5, 5.41) is 0.428. The average Bonchev–Trinajstić information content (AvgIpc) is 2.81. The Kier molecular flexibility index (Phi) is 5.15. The minimum atomic E-state index is -0.328. The summed E-state index contributed by atoms with van der Waals surface area (Å²) in [6, 6.07) is 4.33. The molecule has 1 atom stereocenters. The van der Waals surface area contributed by atoms with Crippen LogP contribution in [0.3, 0.4) is 0 Å². The zero-order valence-corrected chi connectivity index (χ0v) is 12.3. The van der Waals surface area contributed by atoms with E-state index in [1.165, 1.54) is 12.1 Å². The second-order valence-corrected chi connectivity index (χ2v) is 5.35. The van der Waals surface area contributed by atoms with E-state index in [-0.39, 0.29) is 11.9 Å². The van der Waals surface area contributed by atoms with Crippen LogP contribution in [-0.2, 0) is 19.4 Å². The molecule has 0 aliphatic rings. The van der Waals surface area contributed by atoms with Gasteiger partial charge in [0.05, 0.1) is 0 Å². The molecule has 1 heterocycles. The van der Waals surface area contributed by atoms with Crippen LogP contribution >= 0.6 is 11.6 Å². The summed E-state index contributed by atoms with van der Waals surface area (Å²) in [5.41, 5.74) is 7.03. The van der Waals surface area contributed by atoms with Gasteiger partial charge in [0.25, 0.3) is 0 Å². The van der Waals surface area contributed by atoms with Crippen LogP contribution in [0.2, 0.25) is 5.02 Å². The third-order valence-corrected chi connectivity index (χ3v) is 3.56. The van der Waals surface area contributed by atoms with Crippen molar-refractivity contribution in [2.24, 2.45) is 5.73 Å². The number of hydrogen-bond acceptors (Lipinski definition) is 2. The molecule has 0 saturated carbocycles. The highest BCUT2D eigenvalue weighted by molar-refractivity contribution is 6.31. The molecule has 2 rings (SSSR count). The van der Waals surface area contributed by atoms with E-state index in [0.29, 0.717) is 17.9 Å². The van der Waals surface area contributed by atoms with Gasteiger partial charge in [0.15, 0.2) is 0 Å². The van der Waals surface area contributed by atoms with Crippen LogP contribution in [0.25, 0.3) is 0 Å². The minimum absolute atomic E-state index is 0.0871. The van der Waals surface area contributed by atoms with Crippen molar-refractivity contribution in [2.45, 2.75) is 38.8 Å². The van der Waals surface area contributed by atoms with Crippen molar-refractivity contribution >= 4 is 11.6 Å². The number of hydrogen-bond donors (Lipinski definition) is 1. The van der Waals surface area contributed by atoms with Gasteiger partial charge in [-0.3, -0.25) is 0 Å². The second kappa shape index (κ2) is 6.86. The lowest BCUT2D eigenvalue weighted by Gasteiger charge is -2.14. The summed E-state index contributed by atoms with van der Waals surface area (Å²) in [6.45, 7) is 3.07. The molecular weight excluding hydrogens is 277 g/mol. The maximum Gasteiger partial charge on any atom is 0.124 e. The molecule has 0 aliphatic heterocycles. The summed E-state index contributed by atoms with van der Waals surface area (Å²) in [4.78, 5) is 4.34. The number of nitrogens with zero attached hydrogens (tertiary/aromatic N) is 2. The van der Waals surface area contributed by atoms with Crippen LogP contribution in [0, 0.1) is 5.82 Å². The quantitative estimate of drug-likeness (QED) is 0.889. The van der Waals surface area contributed by atoms with Crippen molar-refractivity contribution in [1.29, 1.82) is 0 Å². The van der Waals surface area contributed by atoms with Gasteiger partial charge in [0, 0.05) is 36.4 Å². The molecule has 2 N–H and O–H groups in total. The predicted octanol–water partition coefficient (Wildman–Crippen LogP) is 3.20. The highest BCUT2D eigenvalue weighted by Gasteiger charge is 2.12. The molecule has 1 aromatic carbocycles. The SMILES string of the molecule is CCCn1ccnc1CC(N)Cc1ccc(F)cc1Cl. The molecule has 1 aromatic heterocycles. The van der Waals surface area contributed by atoms with Crippen LogP contribution in [0.15, 0.2) is 30.6 Å². The van der Waals surface area contributed by atoms with Gasteiger partial charge in [-0.2, -0.15) is 0 Å². The first kappa shape index (κ1) is 15.0. The number of aromatic nitrogens is 2. The number of benzene rings is 1. The molecule has 0 saturated heterocycles. The molecule has 1 unspecified atom stereocenters. The van der Waals surface area contributed by atoms with E-state index in [1.54, 1.807) is 12.3 Å². The van der Waals surface area contributed by atoms with Gasteiger partial charge in [-0.15, -0.1) is 0 Å². The number of rotatable bonds is 6. The van der Waals surface area contributed by atoms with E-state index in [4.69, 9.17) is 17.3 Å². The van der Waals surface area contributed by atoms with E-state index in [0.717, 1.165) is 24.4 Å². The van der Waals surface area contributed by atoms with Gasteiger partial charge in [0.2, 0.25) is 0 Å². The fourth-order valence-electron chi connectivity index (χ4n) is 2.25. The molecule has 2 aromatic rings. The summed E-state index contributed by atoms with van der Waals surface area (Å²) < 4.78 is 15.1. The Bertz CT molecular complexity index is 568. The molecule has 0 aliphatic carbocycles. The van der Waals surface area contributed by atoms with Crippen LogP contribution in [-0.4, -0.2) is 15.6 Å².